The smallest absolute Gasteiger partial charge is 0.0352 e. The zero-order chi connectivity index (χ0) is 28.3. The molecule has 0 heteroatoms. The summed E-state index contributed by atoms with van der Waals surface area (Å²) in [7, 11) is 0. The van der Waals surface area contributed by atoms with Crippen molar-refractivity contribution in [2.24, 2.45) is 0 Å². The average Bonchev–Trinajstić information content (AvgIpc) is 3.42. The van der Waals surface area contributed by atoms with E-state index < -0.39 is 0 Å². The van der Waals surface area contributed by atoms with E-state index in [1.165, 1.54) is 82.4 Å². The highest BCUT2D eigenvalue weighted by Gasteiger charge is 2.29. The van der Waals surface area contributed by atoms with Crippen LogP contribution >= 0.6 is 0 Å². The van der Waals surface area contributed by atoms with Crippen LogP contribution in [0.25, 0.3) is 65.7 Å². The highest BCUT2D eigenvalue weighted by molar-refractivity contribution is 6.25. The number of hydrogen-bond donors (Lipinski definition) is 0. The highest BCUT2D eigenvalue weighted by Crippen LogP contribution is 2.49. The van der Waals surface area contributed by atoms with Gasteiger partial charge in [0.15, 0.2) is 0 Å². The summed E-state index contributed by atoms with van der Waals surface area (Å²) in [6.45, 7) is 0. The van der Waals surface area contributed by atoms with Crippen LogP contribution in [0.15, 0.2) is 164 Å². The van der Waals surface area contributed by atoms with Crippen LogP contribution < -0.4 is 0 Å². The number of benzene rings is 8. The SMILES string of the molecule is c1ccc(C2c3ccccc3-c3ccc(-c4ccc(-c5ccc6c7ccccc7c7ccccc7c6c5)cc4)cc32)cc1. The number of rotatable bonds is 3. The largest absolute Gasteiger partial charge is 0.0622 e. The van der Waals surface area contributed by atoms with Crippen LogP contribution in [0.4, 0.5) is 0 Å². The molecule has 0 N–H and O–H groups in total. The standard InChI is InChI=1S/C43H28/c1-2-10-30(11-3-1)43-40-17-9-8-15-36(40)39-25-23-32(27-42(39)43)29-20-18-28(19-21-29)31-22-24-38-35-14-5-4-12-33(35)34-13-6-7-16-37(34)41(38)26-31/h1-27,43H. The van der Waals surface area contributed by atoms with Crippen molar-refractivity contribution in [1.82, 2.24) is 0 Å². The molecule has 0 aliphatic heterocycles. The first-order valence-electron chi connectivity index (χ1n) is 15.1. The average molecular weight is 545 g/mol. The molecule has 0 nitrogen and oxygen atoms in total. The van der Waals surface area contributed by atoms with Gasteiger partial charge in [-0.25, -0.2) is 0 Å². The summed E-state index contributed by atoms with van der Waals surface area (Å²) >= 11 is 0. The van der Waals surface area contributed by atoms with Crippen molar-refractivity contribution in [3.05, 3.63) is 180 Å². The van der Waals surface area contributed by atoms with Crippen molar-refractivity contribution in [3.8, 4) is 33.4 Å². The Balaban J connectivity index is 1.13. The fraction of sp³-hybridized carbons (Fsp3) is 0.0233. The molecule has 0 heterocycles. The van der Waals surface area contributed by atoms with E-state index in [9.17, 15) is 0 Å². The van der Waals surface area contributed by atoms with Gasteiger partial charge in [-0.15, -0.1) is 0 Å². The first-order chi connectivity index (χ1) is 21.3. The third-order valence-electron chi connectivity index (χ3n) is 9.35. The Hall–Kier alpha value is -5.46. The van der Waals surface area contributed by atoms with Crippen molar-refractivity contribution >= 4 is 32.3 Å². The Bertz CT molecular complexity index is 2290. The molecule has 8 aromatic rings. The second-order valence-electron chi connectivity index (χ2n) is 11.7. The Morgan fingerprint density at radius 3 is 1.42 bits per heavy atom. The summed E-state index contributed by atoms with van der Waals surface area (Å²) in [5, 5.41) is 7.86. The van der Waals surface area contributed by atoms with Gasteiger partial charge in [-0.3, -0.25) is 0 Å². The first-order valence-corrected chi connectivity index (χ1v) is 15.1. The lowest BCUT2D eigenvalue weighted by Gasteiger charge is -2.15. The maximum absolute atomic E-state index is 2.41. The Morgan fingerprint density at radius 1 is 0.279 bits per heavy atom. The van der Waals surface area contributed by atoms with Crippen molar-refractivity contribution in [3.63, 3.8) is 0 Å². The summed E-state index contributed by atoms with van der Waals surface area (Å²) in [5.41, 5.74) is 11.8. The van der Waals surface area contributed by atoms with Crippen molar-refractivity contribution in [2.75, 3.05) is 0 Å². The molecule has 1 aliphatic carbocycles. The summed E-state index contributed by atoms with van der Waals surface area (Å²) in [4.78, 5) is 0. The lowest BCUT2D eigenvalue weighted by Crippen LogP contribution is -1.99. The molecule has 8 aromatic carbocycles. The fourth-order valence-electron chi connectivity index (χ4n) is 7.33. The van der Waals surface area contributed by atoms with Gasteiger partial charge in [0, 0.05) is 5.92 Å². The predicted molar refractivity (Wildman–Crippen MR) is 183 cm³/mol. The van der Waals surface area contributed by atoms with E-state index in [-0.39, 0.29) is 5.92 Å². The predicted octanol–water partition coefficient (Wildman–Crippen LogP) is 11.6. The van der Waals surface area contributed by atoms with Crippen molar-refractivity contribution in [1.29, 1.82) is 0 Å². The van der Waals surface area contributed by atoms with Crippen LogP contribution in [-0.4, -0.2) is 0 Å². The lowest BCUT2D eigenvalue weighted by atomic mass is 9.88. The molecule has 9 rings (SSSR count). The molecular formula is C43H28. The second-order valence-corrected chi connectivity index (χ2v) is 11.7. The van der Waals surface area contributed by atoms with E-state index in [0.29, 0.717) is 0 Å². The molecule has 0 fully saturated rings. The maximum Gasteiger partial charge on any atom is 0.0352 e. The topological polar surface area (TPSA) is 0 Å². The second kappa shape index (κ2) is 9.54. The molecule has 0 saturated heterocycles. The van der Waals surface area contributed by atoms with E-state index in [2.05, 4.69) is 164 Å². The number of fused-ring (bicyclic) bond motifs is 9. The van der Waals surface area contributed by atoms with Crippen molar-refractivity contribution < 1.29 is 0 Å². The van der Waals surface area contributed by atoms with Crippen LogP contribution in [0, 0.1) is 0 Å². The van der Waals surface area contributed by atoms with Gasteiger partial charge in [0.2, 0.25) is 0 Å². The summed E-state index contributed by atoms with van der Waals surface area (Å²) in [5.74, 6) is 0.259. The van der Waals surface area contributed by atoms with Crippen LogP contribution in [-0.2, 0) is 0 Å². The normalized spacial score (nSPS) is 13.8. The Morgan fingerprint density at radius 2 is 0.744 bits per heavy atom. The molecule has 200 valence electrons. The Kier molecular flexibility index (Phi) is 5.36. The molecule has 0 saturated carbocycles. The highest BCUT2D eigenvalue weighted by atomic mass is 14.3. The van der Waals surface area contributed by atoms with E-state index in [4.69, 9.17) is 0 Å². The molecule has 0 radical (unpaired) electrons. The lowest BCUT2D eigenvalue weighted by molar-refractivity contribution is 1.02. The first kappa shape index (κ1) is 24.2. The van der Waals surface area contributed by atoms with Gasteiger partial charge >= 0.3 is 0 Å². The number of hydrogen-bond acceptors (Lipinski definition) is 0. The zero-order valence-corrected chi connectivity index (χ0v) is 23.7. The quantitative estimate of drug-likeness (QED) is 0.194. The third-order valence-corrected chi connectivity index (χ3v) is 9.35. The van der Waals surface area contributed by atoms with Gasteiger partial charge in [-0.2, -0.15) is 0 Å². The van der Waals surface area contributed by atoms with E-state index in [1.54, 1.807) is 0 Å². The van der Waals surface area contributed by atoms with Crippen LogP contribution in [0.2, 0.25) is 0 Å². The zero-order valence-electron chi connectivity index (χ0n) is 23.7. The van der Waals surface area contributed by atoms with E-state index >= 15 is 0 Å². The van der Waals surface area contributed by atoms with Gasteiger partial charge in [0.25, 0.3) is 0 Å². The van der Waals surface area contributed by atoms with Gasteiger partial charge in [0.05, 0.1) is 0 Å². The summed E-state index contributed by atoms with van der Waals surface area (Å²) in [6, 6.07) is 60.4. The maximum atomic E-state index is 2.41. The molecule has 0 spiro atoms. The third kappa shape index (κ3) is 3.77. The minimum absolute atomic E-state index is 0.259. The van der Waals surface area contributed by atoms with Gasteiger partial charge in [-0.05, 0) is 94.5 Å². The molecule has 0 aromatic heterocycles. The minimum Gasteiger partial charge on any atom is -0.0622 e. The summed E-state index contributed by atoms with van der Waals surface area (Å²) < 4.78 is 0. The molecule has 43 heavy (non-hydrogen) atoms. The molecular weight excluding hydrogens is 516 g/mol. The fourth-order valence-corrected chi connectivity index (χ4v) is 7.33. The van der Waals surface area contributed by atoms with Gasteiger partial charge in [-0.1, -0.05) is 152 Å². The van der Waals surface area contributed by atoms with E-state index in [0.717, 1.165) is 0 Å². The molecule has 1 atom stereocenters. The van der Waals surface area contributed by atoms with E-state index in [1.807, 2.05) is 0 Å². The van der Waals surface area contributed by atoms with Crippen LogP contribution in [0.3, 0.4) is 0 Å². The van der Waals surface area contributed by atoms with Gasteiger partial charge < -0.3 is 0 Å². The summed E-state index contributed by atoms with van der Waals surface area (Å²) in [6.07, 6.45) is 0. The monoisotopic (exact) mass is 544 g/mol. The molecule has 0 amide bonds. The Labute approximate surface area is 251 Å². The van der Waals surface area contributed by atoms with Crippen LogP contribution in [0.5, 0.6) is 0 Å². The molecule has 1 unspecified atom stereocenters. The molecule has 0 bridgehead atoms. The molecule has 1 aliphatic rings. The van der Waals surface area contributed by atoms with Crippen LogP contribution in [0.1, 0.15) is 22.6 Å². The van der Waals surface area contributed by atoms with Gasteiger partial charge in [0.1, 0.15) is 0 Å². The minimum atomic E-state index is 0.259. The van der Waals surface area contributed by atoms with Crippen molar-refractivity contribution in [2.45, 2.75) is 5.92 Å².